The quantitative estimate of drug-likeness (QED) is 0.277. The molecule has 20 heteroatoms. The molecule has 0 aromatic rings. The largest absolute Gasteiger partial charge is 0.483 e. The van der Waals surface area contributed by atoms with Gasteiger partial charge in [0.25, 0.3) is 6.36 Å². The van der Waals surface area contributed by atoms with Crippen molar-refractivity contribution in [3.63, 3.8) is 0 Å². The SMILES string of the molecule is FC(F)=C(F)OC(F)(F)C(F)(F)C(F)(F)COC(F)(F)C(F)OC(F)(F)C(F)(F)F. The van der Waals surface area contributed by atoms with Gasteiger partial charge in [-0.15, -0.1) is 0 Å². The zero-order valence-electron chi connectivity index (χ0n) is 12.9. The third-order valence-electron chi connectivity index (χ3n) is 2.48. The van der Waals surface area contributed by atoms with Crippen LogP contribution in [0.15, 0.2) is 12.1 Å². The van der Waals surface area contributed by atoms with E-state index in [0.717, 1.165) is 0 Å². The molecule has 0 aromatic heterocycles. The van der Waals surface area contributed by atoms with Crippen molar-refractivity contribution < 1.29 is 88.8 Å². The highest BCUT2D eigenvalue weighted by Crippen LogP contribution is 2.48. The first kappa shape index (κ1) is 28.3. The van der Waals surface area contributed by atoms with Crippen molar-refractivity contribution in [2.75, 3.05) is 6.61 Å². The van der Waals surface area contributed by atoms with E-state index in [1.807, 2.05) is 9.47 Å². The Kier molecular flexibility index (Phi) is 7.94. The maximum absolute atomic E-state index is 13.1. The van der Waals surface area contributed by atoms with Gasteiger partial charge in [0, 0.05) is 0 Å². The molecule has 0 amide bonds. The summed E-state index contributed by atoms with van der Waals surface area (Å²) in [5.41, 5.74) is 0. The normalized spacial score (nSPS) is 15.8. The van der Waals surface area contributed by atoms with E-state index in [-0.39, 0.29) is 0 Å². The summed E-state index contributed by atoms with van der Waals surface area (Å²) in [5, 5.41) is 0. The molecule has 180 valence electrons. The third kappa shape index (κ3) is 6.14. The van der Waals surface area contributed by atoms with Crippen LogP contribution in [0.5, 0.6) is 0 Å². The van der Waals surface area contributed by atoms with Gasteiger partial charge in [0.05, 0.1) is 0 Å². The Morgan fingerprint density at radius 2 is 1.13 bits per heavy atom. The fourth-order valence-corrected chi connectivity index (χ4v) is 1.04. The van der Waals surface area contributed by atoms with Crippen LogP contribution in [0.1, 0.15) is 0 Å². The molecule has 0 spiro atoms. The maximum Gasteiger partial charge on any atom is 0.483 e. The highest BCUT2D eigenvalue weighted by Gasteiger charge is 2.75. The summed E-state index contributed by atoms with van der Waals surface area (Å²) in [6.07, 6.45) is -35.8. The Morgan fingerprint density at radius 3 is 1.50 bits per heavy atom. The molecule has 0 fully saturated rings. The van der Waals surface area contributed by atoms with Crippen LogP contribution in [0.2, 0.25) is 0 Å². The van der Waals surface area contributed by atoms with Gasteiger partial charge in [-0.3, -0.25) is 4.74 Å². The van der Waals surface area contributed by atoms with Crippen LogP contribution in [0.3, 0.4) is 0 Å². The monoisotopic (exact) mass is 494 g/mol. The van der Waals surface area contributed by atoms with Gasteiger partial charge in [-0.1, -0.05) is 0 Å². The minimum atomic E-state index is -7.16. The first-order valence-corrected chi connectivity index (χ1v) is 6.23. The highest BCUT2D eigenvalue weighted by atomic mass is 19.4. The van der Waals surface area contributed by atoms with Crippen LogP contribution in [0.4, 0.5) is 74.6 Å². The molecule has 0 heterocycles. The Hall–Kier alpha value is -1.73. The van der Waals surface area contributed by atoms with Gasteiger partial charge in [-0.2, -0.15) is 70.2 Å². The van der Waals surface area contributed by atoms with Crippen molar-refractivity contribution in [2.24, 2.45) is 0 Å². The Bertz CT molecular complexity index is 620. The molecule has 0 aliphatic heterocycles. The average Bonchev–Trinajstić information content (AvgIpc) is 2.50. The van der Waals surface area contributed by atoms with Crippen LogP contribution < -0.4 is 0 Å². The molecule has 0 radical (unpaired) electrons. The summed E-state index contributed by atoms with van der Waals surface area (Å²) in [5.74, 6) is -13.8. The number of hydrogen-bond donors (Lipinski definition) is 0. The molecular formula is C10H3F17O3. The maximum atomic E-state index is 13.1. The van der Waals surface area contributed by atoms with Crippen molar-refractivity contribution in [3.8, 4) is 0 Å². The molecule has 0 rings (SSSR count). The fraction of sp³-hybridized carbons (Fsp3) is 0.800. The Balaban J connectivity index is 5.46. The fourth-order valence-electron chi connectivity index (χ4n) is 1.04. The molecule has 0 aromatic carbocycles. The molecular weight excluding hydrogens is 491 g/mol. The average molecular weight is 494 g/mol. The number of alkyl halides is 14. The van der Waals surface area contributed by atoms with E-state index in [9.17, 15) is 74.6 Å². The number of ether oxygens (including phenoxy) is 3. The minimum absolute atomic E-state index is 1.92. The van der Waals surface area contributed by atoms with Crippen molar-refractivity contribution in [3.05, 3.63) is 12.1 Å². The van der Waals surface area contributed by atoms with Crippen LogP contribution in [-0.2, 0) is 14.2 Å². The van der Waals surface area contributed by atoms with E-state index in [4.69, 9.17) is 0 Å². The van der Waals surface area contributed by atoms with E-state index in [1.165, 1.54) is 0 Å². The van der Waals surface area contributed by atoms with Gasteiger partial charge in [0.1, 0.15) is 6.61 Å². The van der Waals surface area contributed by atoms with Gasteiger partial charge >= 0.3 is 48.4 Å². The molecule has 1 atom stereocenters. The van der Waals surface area contributed by atoms with Crippen LogP contribution in [0, 0.1) is 0 Å². The zero-order chi connectivity index (χ0) is 24.6. The van der Waals surface area contributed by atoms with Crippen molar-refractivity contribution >= 4 is 0 Å². The van der Waals surface area contributed by atoms with E-state index in [1.54, 1.807) is 0 Å². The predicted molar refractivity (Wildman–Crippen MR) is 54.2 cm³/mol. The number of hydrogen-bond acceptors (Lipinski definition) is 3. The lowest BCUT2D eigenvalue weighted by molar-refractivity contribution is -0.457. The summed E-state index contributed by atoms with van der Waals surface area (Å²) in [4.78, 5) is 0. The summed E-state index contributed by atoms with van der Waals surface area (Å²) >= 11 is 0. The summed E-state index contributed by atoms with van der Waals surface area (Å²) in [7, 11) is 0. The van der Waals surface area contributed by atoms with Crippen LogP contribution in [-0.4, -0.2) is 49.3 Å². The summed E-state index contributed by atoms with van der Waals surface area (Å²) in [6.45, 7) is -3.77. The zero-order valence-corrected chi connectivity index (χ0v) is 12.9. The molecule has 3 nitrogen and oxygen atoms in total. The second-order valence-corrected chi connectivity index (χ2v) is 4.73. The lowest BCUT2D eigenvalue weighted by Gasteiger charge is -2.32. The summed E-state index contributed by atoms with van der Waals surface area (Å²) in [6, 6.07) is -3.80. The number of halogens is 17. The van der Waals surface area contributed by atoms with Gasteiger partial charge < -0.3 is 9.47 Å². The Morgan fingerprint density at radius 1 is 0.700 bits per heavy atom. The van der Waals surface area contributed by atoms with Gasteiger partial charge in [-0.25, -0.2) is 4.39 Å². The standard InChI is InChI=1S/C10H3F17O3/c11-2(12)3(13)29-9(24,25)7(19,20)5(15,16)1-28-6(17,18)4(14)30-10(26,27)8(21,22)23/h4H,1H2. The Labute approximate surface area is 151 Å². The van der Waals surface area contributed by atoms with Gasteiger partial charge in [0.15, 0.2) is 0 Å². The molecule has 0 aliphatic rings. The lowest BCUT2D eigenvalue weighted by Crippen LogP contribution is -2.58. The predicted octanol–water partition coefficient (Wildman–Crippen LogP) is 5.98. The molecule has 0 bridgehead atoms. The lowest BCUT2D eigenvalue weighted by atomic mass is 10.1. The van der Waals surface area contributed by atoms with Gasteiger partial charge in [0.2, 0.25) is 0 Å². The van der Waals surface area contributed by atoms with Crippen LogP contribution in [0.25, 0.3) is 0 Å². The van der Waals surface area contributed by atoms with E-state index in [0.29, 0.717) is 0 Å². The molecule has 0 saturated carbocycles. The van der Waals surface area contributed by atoms with E-state index < -0.39 is 61.4 Å². The highest BCUT2D eigenvalue weighted by molar-refractivity contribution is 4.95. The second kappa shape index (κ2) is 8.42. The van der Waals surface area contributed by atoms with Crippen molar-refractivity contribution in [1.29, 1.82) is 0 Å². The van der Waals surface area contributed by atoms with Gasteiger partial charge in [-0.05, 0) is 0 Å². The second-order valence-electron chi connectivity index (χ2n) is 4.73. The van der Waals surface area contributed by atoms with E-state index >= 15 is 0 Å². The van der Waals surface area contributed by atoms with Crippen molar-refractivity contribution in [1.82, 2.24) is 0 Å². The first-order valence-electron chi connectivity index (χ1n) is 6.23. The molecule has 30 heavy (non-hydrogen) atoms. The van der Waals surface area contributed by atoms with Crippen molar-refractivity contribution in [2.45, 2.75) is 42.7 Å². The van der Waals surface area contributed by atoms with E-state index in [2.05, 4.69) is 4.74 Å². The minimum Gasteiger partial charge on any atom is -0.397 e. The smallest absolute Gasteiger partial charge is 0.397 e. The first-order chi connectivity index (χ1) is 12.9. The molecule has 0 saturated heterocycles. The van der Waals surface area contributed by atoms with Crippen LogP contribution >= 0.6 is 0 Å². The topological polar surface area (TPSA) is 27.7 Å². The summed E-state index contributed by atoms with van der Waals surface area (Å²) < 4.78 is 217. The number of rotatable bonds is 10. The third-order valence-corrected chi connectivity index (χ3v) is 2.48. The molecule has 0 N–H and O–H groups in total. The molecule has 0 aliphatic carbocycles. The molecule has 1 unspecified atom stereocenters.